The molecule has 1 aliphatic carbocycles. The second-order valence-corrected chi connectivity index (χ2v) is 12.1. The Morgan fingerprint density at radius 2 is 1.73 bits per heavy atom. The zero-order chi connectivity index (χ0) is 27.1. The fraction of sp³-hybridized carbons (Fsp3) is 0.438. The summed E-state index contributed by atoms with van der Waals surface area (Å²) in [6.45, 7) is 15.6. The Bertz CT molecular complexity index is 1300. The fourth-order valence-corrected chi connectivity index (χ4v) is 5.68. The fourth-order valence-electron chi connectivity index (χ4n) is 5.68. The van der Waals surface area contributed by atoms with Crippen LogP contribution in [0.1, 0.15) is 104 Å². The highest BCUT2D eigenvalue weighted by Crippen LogP contribution is 2.49. The average Bonchev–Trinajstić information content (AvgIpc) is 2.84. The molecule has 1 heterocycles. The highest BCUT2D eigenvalue weighted by atomic mass is 16.4. The molecular formula is C32H39NO4. The monoisotopic (exact) mass is 501 g/mol. The van der Waals surface area contributed by atoms with Crippen molar-refractivity contribution >= 4 is 23.4 Å². The van der Waals surface area contributed by atoms with Crippen molar-refractivity contribution in [2.45, 2.75) is 77.7 Å². The van der Waals surface area contributed by atoms with Crippen LogP contribution in [0.5, 0.6) is 5.75 Å². The topological polar surface area (TPSA) is 77.8 Å². The van der Waals surface area contributed by atoms with Gasteiger partial charge in [0.2, 0.25) is 0 Å². The first-order valence-corrected chi connectivity index (χ1v) is 13.2. The van der Waals surface area contributed by atoms with Gasteiger partial charge in [0.1, 0.15) is 11.3 Å². The number of rotatable bonds is 6. The molecular weight excluding hydrogens is 462 g/mol. The number of benzene rings is 2. The number of aromatic carboxylic acids is 1. The highest BCUT2D eigenvalue weighted by Gasteiger charge is 2.40. The third-order valence-electron chi connectivity index (χ3n) is 8.20. The number of ketones is 1. The molecule has 0 amide bonds. The van der Waals surface area contributed by atoms with Crippen molar-refractivity contribution < 1.29 is 19.8 Å². The molecule has 0 fully saturated rings. The lowest BCUT2D eigenvalue weighted by Gasteiger charge is -2.44. The molecule has 2 aliphatic rings. The largest absolute Gasteiger partial charge is 0.507 e. The van der Waals surface area contributed by atoms with Crippen LogP contribution < -0.4 is 0 Å². The van der Waals surface area contributed by atoms with Gasteiger partial charge >= 0.3 is 5.97 Å². The SMILES string of the molecule is CC(C)N1CC=C(c2cc(C(=O)/C=C\c3ccc(C(=O)O)c(O)c3)cc3c2C(C)(C)CCC3(C)C)CC1. The van der Waals surface area contributed by atoms with Crippen LogP contribution in [0.4, 0.5) is 0 Å². The Morgan fingerprint density at radius 3 is 2.32 bits per heavy atom. The zero-order valence-corrected chi connectivity index (χ0v) is 22.9. The van der Waals surface area contributed by atoms with E-state index in [-0.39, 0.29) is 27.9 Å². The van der Waals surface area contributed by atoms with E-state index in [9.17, 15) is 14.7 Å². The number of nitrogens with zero attached hydrogens (tertiary/aromatic N) is 1. The summed E-state index contributed by atoms with van der Waals surface area (Å²) in [6.07, 6.45) is 8.61. The van der Waals surface area contributed by atoms with Gasteiger partial charge < -0.3 is 10.2 Å². The van der Waals surface area contributed by atoms with Gasteiger partial charge in [-0.15, -0.1) is 0 Å². The third kappa shape index (κ3) is 5.42. The molecule has 4 rings (SSSR count). The molecule has 2 aromatic rings. The number of hydrogen-bond donors (Lipinski definition) is 2. The van der Waals surface area contributed by atoms with Gasteiger partial charge in [-0.2, -0.15) is 0 Å². The molecule has 0 spiro atoms. The first-order valence-electron chi connectivity index (χ1n) is 13.2. The second kappa shape index (κ2) is 9.94. The van der Waals surface area contributed by atoms with Crippen molar-refractivity contribution in [1.82, 2.24) is 4.90 Å². The van der Waals surface area contributed by atoms with Crippen molar-refractivity contribution in [1.29, 1.82) is 0 Å². The van der Waals surface area contributed by atoms with E-state index in [1.807, 2.05) is 0 Å². The first-order chi connectivity index (χ1) is 17.3. The van der Waals surface area contributed by atoms with E-state index in [0.29, 0.717) is 17.2 Å². The number of fused-ring (bicyclic) bond motifs is 1. The lowest BCUT2D eigenvalue weighted by atomic mass is 9.61. The molecule has 0 atom stereocenters. The van der Waals surface area contributed by atoms with Crippen LogP contribution in [0.15, 0.2) is 42.5 Å². The van der Waals surface area contributed by atoms with Gasteiger partial charge in [0.05, 0.1) is 0 Å². The minimum atomic E-state index is -1.19. The zero-order valence-electron chi connectivity index (χ0n) is 22.9. The number of aromatic hydroxyl groups is 1. The van der Waals surface area contributed by atoms with E-state index in [4.69, 9.17) is 5.11 Å². The Morgan fingerprint density at radius 1 is 1.03 bits per heavy atom. The number of carbonyl (C=O) groups excluding carboxylic acids is 1. The number of hydrogen-bond acceptors (Lipinski definition) is 4. The summed E-state index contributed by atoms with van der Waals surface area (Å²) in [5.41, 5.74) is 6.23. The van der Waals surface area contributed by atoms with Crippen LogP contribution in [0.25, 0.3) is 11.6 Å². The number of carboxylic acid groups (broad SMARTS) is 1. The first kappa shape index (κ1) is 26.9. The molecule has 196 valence electrons. The van der Waals surface area contributed by atoms with Crippen molar-refractivity contribution in [2.24, 2.45) is 0 Å². The minimum Gasteiger partial charge on any atom is -0.507 e. The smallest absolute Gasteiger partial charge is 0.339 e. The molecule has 0 saturated heterocycles. The standard InChI is InChI=1S/C32H39NO4/c1-20(2)33-15-11-22(12-16-33)25-18-23(19-26-29(25)32(5,6)14-13-31(26,3)4)27(34)10-8-21-7-9-24(30(36)37)28(35)17-21/h7-11,17-20,35H,12-16H2,1-6H3,(H,36,37)/b10-8-. The van der Waals surface area contributed by atoms with Gasteiger partial charge in [-0.25, -0.2) is 4.79 Å². The molecule has 0 aromatic heterocycles. The van der Waals surface area contributed by atoms with Crippen LogP contribution >= 0.6 is 0 Å². The van der Waals surface area contributed by atoms with Crippen LogP contribution in [0, 0.1) is 0 Å². The van der Waals surface area contributed by atoms with Crippen molar-refractivity contribution in [2.75, 3.05) is 13.1 Å². The highest BCUT2D eigenvalue weighted by molar-refractivity contribution is 6.07. The predicted octanol–water partition coefficient (Wildman–Crippen LogP) is 6.83. The van der Waals surface area contributed by atoms with Crippen LogP contribution in [0.3, 0.4) is 0 Å². The van der Waals surface area contributed by atoms with Gasteiger partial charge in [-0.1, -0.05) is 45.9 Å². The average molecular weight is 502 g/mol. The maximum absolute atomic E-state index is 13.4. The molecule has 0 saturated carbocycles. The molecule has 0 radical (unpaired) electrons. The molecule has 0 unspecified atom stereocenters. The molecule has 2 aromatic carbocycles. The summed E-state index contributed by atoms with van der Waals surface area (Å²) in [5.74, 6) is -1.61. The maximum atomic E-state index is 13.4. The molecule has 0 bridgehead atoms. The van der Waals surface area contributed by atoms with Crippen molar-refractivity contribution in [3.63, 3.8) is 0 Å². The Balaban J connectivity index is 1.77. The van der Waals surface area contributed by atoms with Gasteiger partial charge in [0.15, 0.2) is 5.78 Å². The van der Waals surface area contributed by atoms with E-state index in [0.717, 1.165) is 32.4 Å². The summed E-state index contributed by atoms with van der Waals surface area (Å²) < 4.78 is 0. The summed E-state index contributed by atoms with van der Waals surface area (Å²) in [6, 6.07) is 8.97. The molecule has 5 heteroatoms. The normalized spacial score (nSPS) is 19.1. The minimum absolute atomic E-state index is 0.0248. The molecule has 37 heavy (non-hydrogen) atoms. The Kier molecular flexibility index (Phi) is 7.22. The van der Waals surface area contributed by atoms with Gasteiger partial charge in [0.25, 0.3) is 0 Å². The summed E-state index contributed by atoms with van der Waals surface area (Å²) in [7, 11) is 0. The lowest BCUT2D eigenvalue weighted by molar-refractivity contribution is 0.0693. The van der Waals surface area contributed by atoms with Gasteiger partial charge in [0, 0.05) is 24.7 Å². The number of phenols is 1. The Hall–Kier alpha value is -3.18. The molecule has 1 aliphatic heterocycles. The van der Waals surface area contributed by atoms with E-state index in [1.54, 1.807) is 12.1 Å². The van der Waals surface area contributed by atoms with E-state index < -0.39 is 5.97 Å². The van der Waals surface area contributed by atoms with Gasteiger partial charge in [-0.3, -0.25) is 9.69 Å². The number of carboxylic acids is 1. The quantitative estimate of drug-likeness (QED) is 0.335. The van der Waals surface area contributed by atoms with E-state index >= 15 is 0 Å². The van der Waals surface area contributed by atoms with E-state index in [2.05, 4.69) is 64.7 Å². The lowest BCUT2D eigenvalue weighted by Crippen LogP contribution is -2.37. The third-order valence-corrected chi connectivity index (χ3v) is 8.20. The summed E-state index contributed by atoms with van der Waals surface area (Å²) >= 11 is 0. The molecule has 2 N–H and O–H groups in total. The maximum Gasteiger partial charge on any atom is 0.339 e. The Labute approximate surface area is 220 Å². The summed E-state index contributed by atoms with van der Waals surface area (Å²) in [4.78, 5) is 27.1. The number of allylic oxidation sites excluding steroid dienone is 1. The van der Waals surface area contributed by atoms with Gasteiger partial charge in [-0.05, 0) is 102 Å². The van der Waals surface area contributed by atoms with E-state index in [1.165, 1.54) is 40.5 Å². The number of carbonyl (C=O) groups is 2. The van der Waals surface area contributed by atoms with Crippen LogP contribution in [-0.4, -0.2) is 46.0 Å². The summed E-state index contributed by atoms with van der Waals surface area (Å²) in [5, 5.41) is 19.1. The molecule has 5 nitrogen and oxygen atoms in total. The predicted molar refractivity (Wildman–Crippen MR) is 149 cm³/mol. The van der Waals surface area contributed by atoms with Crippen LogP contribution in [0.2, 0.25) is 0 Å². The van der Waals surface area contributed by atoms with Crippen molar-refractivity contribution in [3.8, 4) is 5.75 Å². The second-order valence-electron chi connectivity index (χ2n) is 12.1. The van der Waals surface area contributed by atoms with Crippen LogP contribution in [-0.2, 0) is 10.8 Å². The van der Waals surface area contributed by atoms with Crippen molar-refractivity contribution in [3.05, 3.63) is 75.9 Å².